The third kappa shape index (κ3) is 4.49. The molecule has 0 spiro atoms. The van der Waals surface area contributed by atoms with Crippen LogP contribution in [0.15, 0.2) is 43.7 Å². The van der Waals surface area contributed by atoms with Crippen LogP contribution >= 0.6 is 59.4 Å². The molecule has 0 saturated heterocycles. The van der Waals surface area contributed by atoms with Crippen LogP contribution in [0.1, 0.15) is 15.9 Å². The Balaban J connectivity index is 2.40. The lowest BCUT2D eigenvalue weighted by atomic mass is 10.1. The van der Waals surface area contributed by atoms with E-state index in [9.17, 15) is 18.0 Å². The average Bonchev–Trinajstić information content (AvgIpc) is 2.43. The Morgan fingerprint density at radius 3 is 2.30 bits per heavy atom. The van der Waals surface area contributed by atoms with Crippen LogP contribution in [0.25, 0.3) is 0 Å². The molecule has 2 rings (SSSR count). The minimum Gasteiger partial charge on any atom is -0.321 e. The van der Waals surface area contributed by atoms with E-state index in [4.69, 9.17) is 11.6 Å². The van der Waals surface area contributed by atoms with E-state index in [1.807, 2.05) is 0 Å². The number of benzene rings is 2. The lowest BCUT2D eigenvalue weighted by Gasteiger charge is -2.14. The van der Waals surface area contributed by atoms with Gasteiger partial charge in [0.1, 0.15) is 0 Å². The first-order valence-electron chi connectivity index (χ1n) is 5.92. The SMILES string of the molecule is O=C(Nc1cc(C(F)(F)F)c(Br)cc1Br)c1cc(Br)ccc1Cl. The van der Waals surface area contributed by atoms with Crippen LogP contribution in [0.3, 0.4) is 0 Å². The Bertz CT molecular complexity index is 781. The third-order valence-corrected chi connectivity index (χ3v) is 4.92. The predicted octanol–water partition coefficient (Wildman–Crippen LogP) is 6.90. The van der Waals surface area contributed by atoms with Crippen molar-refractivity contribution in [1.29, 1.82) is 0 Å². The Labute approximate surface area is 159 Å². The quantitative estimate of drug-likeness (QED) is 0.445. The van der Waals surface area contributed by atoms with Gasteiger partial charge < -0.3 is 5.32 Å². The van der Waals surface area contributed by atoms with Gasteiger partial charge in [-0.3, -0.25) is 4.79 Å². The van der Waals surface area contributed by atoms with E-state index < -0.39 is 17.6 Å². The number of amides is 1. The average molecular weight is 536 g/mol. The van der Waals surface area contributed by atoms with E-state index >= 15 is 0 Å². The summed E-state index contributed by atoms with van der Waals surface area (Å²) >= 11 is 15.1. The molecule has 1 N–H and O–H groups in total. The number of nitrogens with one attached hydrogen (secondary N) is 1. The molecule has 23 heavy (non-hydrogen) atoms. The minimum absolute atomic E-state index is 0.0124. The topological polar surface area (TPSA) is 29.1 Å². The largest absolute Gasteiger partial charge is 0.417 e. The first-order valence-corrected chi connectivity index (χ1v) is 8.68. The zero-order valence-electron chi connectivity index (χ0n) is 10.9. The van der Waals surface area contributed by atoms with Crippen LogP contribution in [-0.2, 0) is 6.18 Å². The summed E-state index contributed by atoms with van der Waals surface area (Å²) in [5.74, 6) is -0.618. The van der Waals surface area contributed by atoms with E-state index in [1.165, 1.54) is 18.2 Å². The van der Waals surface area contributed by atoms with Gasteiger partial charge in [-0.25, -0.2) is 0 Å². The Hall–Kier alpha value is -0.570. The number of hydrogen-bond acceptors (Lipinski definition) is 1. The van der Waals surface area contributed by atoms with Gasteiger partial charge in [0.25, 0.3) is 5.91 Å². The smallest absolute Gasteiger partial charge is 0.321 e. The van der Waals surface area contributed by atoms with Gasteiger partial charge in [-0.05, 0) is 46.3 Å². The lowest BCUT2D eigenvalue weighted by molar-refractivity contribution is -0.138. The summed E-state index contributed by atoms with van der Waals surface area (Å²) in [6.45, 7) is 0. The summed E-state index contributed by atoms with van der Waals surface area (Å²) in [6, 6.07) is 6.71. The second-order valence-electron chi connectivity index (χ2n) is 4.39. The number of halogens is 7. The van der Waals surface area contributed by atoms with Crippen LogP contribution in [0.2, 0.25) is 5.02 Å². The predicted molar refractivity (Wildman–Crippen MR) is 93.9 cm³/mol. The van der Waals surface area contributed by atoms with Crippen molar-refractivity contribution in [1.82, 2.24) is 0 Å². The second-order valence-corrected chi connectivity index (χ2v) is 7.42. The monoisotopic (exact) mass is 533 g/mol. The first kappa shape index (κ1) is 18.8. The van der Waals surface area contributed by atoms with Crippen LogP contribution < -0.4 is 5.32 Å². The van der Waals surface area contributed by atoms with Crippen molar-refractivity contribution in [2.75, 3.05) is 5.32 Å². The van der Waals surface area contributed by atoms with Crippen molar-refractivity contribution in [3.63, 3.8) is 0 Å². The van der Waals surface area contributed by atoms with Gasteiger partial charge >= 0.3 is 6.18 Å². The fourth-order valence-corrected chi connectivity index (χ4v) is 3.61. The van der Waals surface area contributed by atoms with Crippen molar-refractivity contribution in [3.05, 3.63) is 59.9 Å². The highest BCUT2D eigenvalue weighted by Gasteiger charge is 2.34. The van der Waals surface area contributed by atoms with Crippen LogP contribution in [0.5, 0.6) is 0 Å². The summed E-state index contributed by atoms with van der Waals surface area (Å²) in [7, 11) is 0. The van der Waals surface area contributed by atoms with Crippen molar-refractivity contribution in [2.24, 2.45) is 0 Å². The molecule has 0 aliphatic heterocycles. The number of alkyl halides is 3. The van der Waals surface area contributed by atoms with E-state index in [2.05, 4.69) is 53.1 Å². The molecule has 122 valence electrons. The van der Waals surface area contributed by atoms with E-state index in [1.54, 1.807) is 6.07 Å². The molecular weight excluding hydrogens is 530 g/mol. The van der Waals surface area contributed by atoms with Crippen molar-refractivity contribution in [3.8, 4) is 0 Å². The summed E-state index contributed by atoms with van der Waals surface area (Å²) in [5, 5.41) is 2.61. The molecule has 0 atom stereocenters. The molecule has 1 amide bonds. The Kier molecular flexibility index (Phi) is 5.81. The van der Waals surface area contributed by atoms with Crippen molar-refractivity contribution >= 4 is 71.0 Å². The third-order valence-electron chi connectivity index (χ3n) is 2.78. The van der Waals surface area contributed by atoms with Gasteiger partial charge in [0.2, 0.25) is 0 Å². The fourth-order valence-electron chi connectivity index (χ4n) is 1.72. The second kappa shape index (κ2) is 7.13. The first-order chi connectivity index (χ1) is 10.6. The lowest BCUT2D eigenvalue weighted by Crippen LogP contribution is -2.14. The Morgan fingerprint density at radius 2 is 1.70 bits per heavy atom. The number of rotatable bonds is 2. The maximum Gasteiger partial charge on any atom is 0.417 e. The van der Waals surface area contributed by atoms with Crippen molar-refractivity contribution in [2.45, 2.75) is 6.18 Å². The molecule has 0 saturated carbocycles. The molecule has 0 bridgehead atoms. The highest BCUT2D eigenvalue weighted by atomic mass is 79.9. The number of carbonyl (C=O) groups is 1. The van der Waals surface area contributed by atoms with Gasteiger partial charge in [-0.15, -0.1) is 0 Å². The molecule has 0 unspecified atom stereocenters. The zero-order valence-corrected chi connectivity index (χ0v) is 16.5. The van der Waals surface area contributed by atoms with Gasteiger partial charge in [0.05, 0.1) is 21.8 Å². The highest BCUT2D eigenvalue weighted by Crippen LogP contribution is 2.39. The van der Waals surface area contributed by atoms with Crippen LogP contribution in [0, 0.1) is 0 Å². The summed E-state index contributed by atoms with van der Waals surface area (Å²) < 4.78 is 39.7. The minimum atomic E-state index is -4.55. The van der Waals surface area contributed by atoms with E-state index in [-0.39, 0.29) is 20.7 Å². The normalized spacial score (nSPS) is 11.4. The van der Waals surface area contributed by atoms with Gasteiger partial charge in [0, 0.05) is 13.4 Å². The summed E-state index contributed by atoms with van der Waals surface area (Å²) in [5.41, 5.74) is -0.762. The number of hydrogen-bond donors (Lipinski definition) is 1. The molecule has 0 aliphatic carbocycles. The molecule has 0 radical (unpaired) electrons. The van der Waals surface area contributed by atoms with Gasteiger partial charge in [-0.2, -0.15) is 13.2 Å². The molecule has 9 heteroatoms. The summed E-state index contributed by atoms with van der Waals surface area (Å²) in [6.07, 6.45) is -4.55. The molecule has 0 aliphatic rings. The maximum atomic E-state index is 13.0. The molecule has 2 nitrogen and oxygen atoms in total. The van der Waals surface area contributed by atoms with Gasteiger partial charge in [-0.1, -0.05) is 43.5 Å². The Morgan fingerprint density at radius 1 is 1.04 bits per heavy atom. The molecule has 0 heterocycles. The fraction of sp³-hybridized carbons (Fsp3) is 0.0714. The maximum absolute atomic E-state index is 13.0. The number of carbonyl (C=O) groups excluding carboxylic acids is 1. The highest BCUT2D eigenvalue weighted by molar-refractivity contribution is 9.11. The molecule has 0 fully saturated rings. The van der Waals surface area contributed by atoms with E-state index in [0.717, 1.165) is 6.07 Å². The van der Waals surface area contributed by atoms with Crippen molar-refractivity contribution < 1.29 is 18.0 Å². The standard InChI is InChI=1S/C14H6Br3ClF3NO/c15-6-1-2-11(18)7(3-6)13(23)22-12-4-8(14(19,20)21)9(16)5-10(12)17/h1-5H,(H,22,23). The van der Waals surface area contributed by atoms with E-state index in [0.29, 0.717) is 8.95 Å². The molecule has 2 aromatic rings. The zero-order chi connectivity index (χ0) is 17.4. The van der Waals surface area contributed by atoms with Crippen LogP contribution in [-0.4, -0.2) is 5.91 Å². The molecule has 2 aromatic carbocycles. The summed E-state index contributed by atoms with van der Waals surface area (Å²) in [4.78, 5) is 12.3. The molecular formula is C14H6Br3ClF3NO. The molecule has 0 aromatic heterocycles. The number of anilines is 1. The van der Waals surface area contributed by atoms with Gasteiger partial charge in [0.15, 0.2) is 0 Å². The van der Waals surface area contributed by atoms with Crippen LogP contribution in [0.4, 0.5) is 18.9 Å².